The highest BCUT2D eigenvalue weighted by Gasteiger charge is 2.19. The van der Waals surface area contributed by atoms with Crippen LogP contribution in [0.3, 0.4) is 0 Å². The van der Waals surface area contributed by atoms with E-state index in [9.17, 15) is 0 Å². The Morgan fingerprint density at radius 1 is 0.857 bits per heavy atom. The van der Waals surface area contributed by atoms with E-state index in [2.05, 4.69) is 44.0 Å². The van der Waals surface area contributed by atoms with Gasteiger partial charge in [0, 0.05) is 9.52 Å². The Kier molecular flexibility index (Phi) is 8.53. The van der Waals surface area contributed by atoms with Crippen LogP contribution in [0.25, 0.3) is 0 Å². The summed E-state index contributed by atoms with van der Waals surface area (Å²) in [5, 5.41) is 0. The normalized spacial score (nSPS) is 12.9. The molecular formula is C11H28N2Si. The van der Waals surface area contributed by atoms with E-state index < -0.39 is 0 Å². The minimum atomic E-state index is 0.160. The van der Waals surface area contributed by atoms with Crippen molar-refractivity contribution in [3.05, 3.63) is 0 Å². The zero-order valence-electron chi connectivity index (χ0n) is 10.7. The van der Waals surface area contributed by atoms with E-state index >= 15 is 0 Å². The maximum atomic E-state index is 2.60. The van der Waals surface area contributed by atoms with Gasteiger partial charge in [-0.15, -0.1) is 0 Å². The molecule has 0 radical (unpaired) electrons. The lowest BCUT2D eigenvalue weighted by molar-refractivity contribution is 0.0712. The summed E-state index contributed by atoms with van der Waals surface area (Å²) in [5.74, 6) is 0. The zero-order chi connectivity index (χ0) is 11.0. The van der Waals surface area contributed by atoms with Gasteiger partial charge in [0.2, 0.25) is 0 Å². The molecule has 0 aliphatic rings. The molecule has 0 aromatic rings. The third kappa shape index (κ3) is 4.11. The Bertz CT molecular complexity index is 110. The second kappa shape index (κ2) is 8.45. The van der Waals surface area contributed by atoms with E-state index in [4.69, 9.17) is 0 Å². The fraction of sp³-hybridized carbons (Fsp3) is 1.00. The topological polar surface area (TPSA) is 6.48 Å². The van der Waals surface area contributed by atoms with E-state index in [0.717, 1.165) is 6.17 Å². The highest BCUT2D eigenvalue weighted by atomic mass is 28.2. The molecule has 0 unspecified atom stereocenters. The molecule has 0 amide bonds. The number of nitrogens with zero attached hydrogens (tertiary/aromatic N) is 2. The van der Waals surface area contributed by atoms with Crippen LogP contribution in [0.5, 0.6) is 0 Å². The van der Waals surface area contributed by atoms with Gasteiger partial charge in [-0.25, -0.2) is 0 Å². The summed E-state index contributed by atoms with van der Waals surface area (Å²) in [4.78, 5) is 5.20. The van der Waals surface area contributed by atoms with Crippen molar-refractivity contribution in [2.45, 2.75) is 46.5 Å². The van der Waals surface area contributed by atoms with Crippen molar-refractivity contribution in [1.82, 2.24) is 9.80 Å². The first-order valence-electron chi connectivity index (χ1n) is 6.23. The molecular weight excluding hydrogens is 188 g/mol. The molecule has 0 rings (SSSR count). The Labute approximate surface area is 92.5 Å². The van der Waals surface area contributed by atoms with Crippen molar-refractivity contribution < 1.29 is 0 Å². The van der Waals surface area contributed by atoms with E-state index in [0.29, 0.717) is 0 Å². The molecule has 0 heterocycles. The molecule has 0 N–H and O–H groups in total. The second-order valence-corrected chi connectivity index (χ2v) is 5.29. The molecule has 0 aromatic carbocycles. The van der Waals surface area contributed by atoms with E-state index in [-0.39, 0.29) is 9.52 Å². The maximum Gasteiger partial charge on any atom is 0.0592 e. The van der Waals surface area contributed by atoms with Gasteiger partial charge in [-0.3, -0.25) is 9.80 Å². The zero-order valence-corrected chi connectivity index (χ0v) is 12.1. The summed E-state index contributed by atoms with van der Waals surface area (Å²) >= 11 is 0. The summed E-state index contributed by atoms with van der Waals surface area (Å²) in [5.41, 5.74) is 0. The Morgan fingerprint density at radius 3 is 1.43 bits per heavy atom. The van der Waals surface area contributed by atoms with E-state index in [1.807, 2.05) is 0 Å². The third-order valence-electron chi connectivity index (χ3n) is 3.01. The van der Waals surface area contributed by atoms with Crippen molar-refractivity contribution in [1.29, 1.82) is 0 Å². The van der Waals surface area contributed by atoms with Crippen molar-refractivity contribution in [3.8, 4) is 0 Å². The molecule has 0 aromatic heterocycles. The van der Waals surface area contributed by atoms with Crippen LogP contribution < -0.4 is 0 Å². The maximum absolute atomic E-state index is 2.60. The highest BCUT2D eigenvalue weighted by molar-refractivity contribution is 6.33. The Hall–Kier alpha value is 0.137. The first-order valence-corrected chi connectivity index (χ1v) is 8.64. The van der Waals surface area contributed by atoms with Crippen molar-refractivity contribution in [3.63, 3.8) is 0 Å². The van der Waals surface area contributed by atoms with Gasteiger partial charge in [-0.1, -0.05) is 34.2 Å². The lowest BCUT2D eigenvalue weighted by Crippen LogP contribution is -2.48. The number of rotatable bonds is 8. The molecule has 0 bridgehead atoms. The minimum Gasteiger partial charge on any atom is -0.289 e. The smallest absolute Gasteiger partial charge is 0.0592 e. The molecule has 0 saturated heterocycles. The van der Waals surface area contributed by atoms with Crippen LogP contribution in [0.15, 0.2) is 0 Å². The summed E-state index contributed by atoms with van der Waals surface area (Å²) in [6, 6.07) is 1.43. The molecule has 86 valence electrons. The lowest BCUT2D eigenvalue weighted by atomic mass is 10.3. The van der Waals surface area contributed by atoms with Gasteiger partial charge in [-0.2, -0.15) is 0 Å². The molecule has 0 aliphatic carbocycles. The average molecular weight is 216 g/mol. The molecule has 0 saturated carbocycles. The Morgan fingerprint density at radius 2 is 1.21 bits per heavy atom. The van der Waals surface area contributed by atoms with Gasteiger partial charge >= 0.3 is 0 Å². The van der Waals surface area contributed by atoms with Crippen LogP contribution in [0.1, 0.15) is 27.7 Å². The van der Waals surface area contributed by atoms with Gasteiger partial charge in [-0.05, 0) is 32.2 Å². The summed E-state index contributed by atoms with van der Waals surface area (Å²) in [6.45, 7) is 16.3. The number of hydrogen-bond acceptors (Lipinski definition) is 2. The van der Waals surface area contributed by atoms with Crippen LogP contribution in [0.2, 0.25) is 12.6 Å². The van der Waals surface area contributed by atoms with Gasteiger partial charge in [0.25, 0.3) is 0 Å². The highest BCUT2D eigenvalue weighted by Crippen LogP contribution is 2.10. The van der Waals surface area contributed by atoms with Crippen molar-refractivity contribution >= 4 is 9.52 Å². The van der Waals surface area contributed by atoms with E-state index in [1.165, 1.54) is 32.2 Å². The first-order chi connectivity index (χ1) is 6.74. The fourth-order valence-corrected chi connectivity index (χ4v) is 3.39. The standard InChI is InChI=1S/C11H28N2Si/c1-6-12(7-2)11(10-14-5)13(8-3)9-4/h11H,6-10,14H2,1-5H3. The molecule has 3 heteroatoms. The lowest BCUT2D eigenvalue weighted by Gasteiger charge is -2.38. The second-order valence-electron chi connectivity index (χ2n) is 3.71. The predicted molar refractivity (Wildman–Crippen MR) is 68.8 cm³/mol. The van der Waals surface area contributed by atoms with Gasteiger partial charge in [0.1, 0.15) is 0 Å². The summed E-state index contributed by atoms with van der Waals surface area (Å²) in [7, 11) is 0.160. The average Bonchev–Trinajstić information content (AvgIpc) is 2.21. The van der Waals surface area contributed by atoms with Gasteiger partial charge in [0.05, 0.1) is 6.17 Å². The quantitative estimate of drug-likeness (QED) is 0.449. The molecule has 2 nitrogen and oxygen atoms in total. The molecule has 14 heavy (non-hydrogen) atoms. The van der Waals surface area contributed by atoms with Gasteiger partial charge < -0.3 is 0 Å². The monoisotopic (exact) mass is 216 g/mol. The van der Waals surface area contributed by atoms with E-state index in [1.54, 1.807) is 0 Å². The molecule has 0 atom stereocenters. The van der Waals surface area contributed by atoms with Crippen LogP contribution in [-0.4, -0.2) is 51.7 Å². The minimum absolute atomic E-state index is 0.160. The summed E-state index contributed by atoms with van der Waals surface area (Å²) in [6.07, 6.45) is 0.719. The van der Waals surface area contributed by atoms with Crippen LogP contribution in [0.4, 0.5) is 0 Å². The van der Waals surface area contributed by atoms with Gasteiger partial charge in [0.15, 0.2) is 0 Å². The third-order valence-corrected chi connectivity index (χ3v) is 4.11. The molecule has 0 aliphatic heterocycles. The van der Waals surface area contributed by atoms with Crippen molar-refractivity contribution in [2.75, 3.05) is 26.2 Å². The fourth-order valence-electron chi connectivity index (χ4n) is 2.14. The summed E-state index contributed by atoms with van der Waals surface area (Å²) < 4.78 is 0. The Balaban J connectivity index is 4.36. The van der Waals surface area contributed by atoms with Crippen molar-refractivity contribution in [2.24, 2.45) is 0 Å². The SMILES string of the molecule is CCN(CC)C(C[SiH2]C)N(CC)CC. The van der Waals surface area contributed by atoms with Crippen LogP contribution in [-0.2, 0) is 0 Å². The van der Waals surface area contributed by atoms with Crippen LogP contribution >= 0.6 is 0 Å². The number of hydrogen-bond donors (Lipinski definition) is 0. The largest absolute Gasteiger partial charge is 0.289 e. The molecule has 0 spiro atoms. The molecule has 0 fully saturated rings. The first kappa shape index (κ1) is 14.1. The predicted octanol–water partition coefficient (Wildman–Crippen LogP) is 1.63. The van der Waals surface area contributed by atoms with Crippen LogP contribution in [0, 0.1) is 0 Å².